The molecule has 0 N–H and O–H groups in total. The number of carbonyl (C=O) groups excluding carboxylic acids is 2. The summed E-state index contributed by atoms with van der Waals surface area (Å²) in [6.07, 6.45) is 2.29. The summed E-state index contributed by atoms with van der Waals surface area (Å²) >= 11 is 0. The fourth-order valence-electron chi connectivity index (χ4n) is 2.57. The molecule has 5 heteroatoms. The molecule has 1 aliphatic heterocycles. The van der Waals surface area contributed by atoms with Gasteiger partial charge in [0.05, 0.1) is 0 Å². The number of likely N-dealkylation sites (N-methyl/N-ethyl adjacent to an activating group) is 1. The number of nitrogens with zero attached hydrogens (tertiary/aromatic N) is 2. The SMILES string of the molecule is CN1CCC(C(C)(C=O)N(C)C(=O)OC(C)(C)C)CC1. The van der Waals surface area contributed by atoms with E-state index in [1.165, 1.54) is 4.90 Å². The fraction of sp³-hybridized carbons (Fsp3) is 0.867. The first-order valence-electron chi connectivity index (χ1n) is 7.22. The highest BCUT2D eigenvalue weighted by Crippen LogP contribution is 2.31. The van der Waals surface area contributed by atoms with Gasteiger partial charge >= 0.3 is 6.09 Å². The molecule has 1 aliphatic rings. The lowest BCUT2D eigenvalue weighted by atomic mass is 9.79. The number of likely N-dealkylation sites (tertiary alicyclic amines) is 1. The Bertz CT molecular complexity index is 357. The Hall–Kier alpha value is -1.10. The van der Waals surface area contributed by atoms with Crippen LogP contribution in [0.15, 0.2) is 0 Å². The molecule has 1 amide bonds. The third kappa shape index (κ3) is 3.95. The van der Waals surface area contributed by atoms with Crippen LogP contribution in [0.4, 0.5) is 4.79 Å². The largest absolute Gasteiger partial charge is 0.444 e. The molecular formula is C15H28N2O3. The molecule has 0 saturated carbocycles. The van der Waals surface area contributed by atoms with Crippen molar-refractivity contribution in [3.8, 4) is 0 Å². The Labute approximate surface area is 122 Å². The van der Waals surface area contributed by atoms with Gasteiger partial charge in [0.25, 0.3) is 0 Å². The minimum absolute atomic E-state index is 0.175. The first-order valence-corrected chi connectivity index (χ1v) is 7.22. The molecule has 1 heterocycles. The normalized spacial score (nSPS) is 21.1. The summed E-state index contributed by atoms with van der Waals surface area (Å²) in [5.74, 6) is 0.175. The van der Waals surface area contributed by atoms with Crippen molar-refractivity contribution in [3.63, 3.8) is 0 Å². The topological polar surface area (TPSA) is 49.9 Å². The Kier molecular flexibility index (Phi) is 5.19. The standard InChI is InChI=1S/C15H28N2O3/c1-14(2,3)20-13(19)17(6)15(4,11-18)12-7-9-16(5)10-8-12/h11-12H,7-10H2,1-6H3. The fourth-order valence-corrected chi connectivity index (χ4v) is 2.57. The first-order chi connectivity index (χ1) is 9.10. The van der Waals surface area contributed by atoms with Gasteiger partial charge in [0.1, 0.15) is 17.4 Å². The summed E-state index contributed by atoms with van der Waals surface area (Å²) in [5, 5.41) is 0. The van der Waals surface area contributed by atoms with Crippen LogP contribution >= 0.6 is 0 Å². The monoisotopic (exact) mass is 284 g/mol. The third-order valence-corrected chi connectivity index (χ3v) is 4.17. The summed E-state index contributed by atoms with van der Waals surface area (Å²) in [6.45, 7) is 9.22. The molecule has 20 heavy (non-hydrogen) atoms. The van der Waals surface area contributed by atoms with Crippen LogP contribution in [0.1, 0.15) is 40.5 Å². The lowest BCUT2D eigenvalue weighted by Gasteiger charge is -2.43. The molecule has 1 unspecified atom stereocenters. The number of carbonyl (C=O) groups is 2. The molecule has 0 aromatic carbocycles. The van der Waals surface area contributed by atoms with Crippen LogP contribution < -0.4 is 0 Å². The summed E-state index contributed by atoms with van der Waals surface area (Å²) in [6, 6.07) is 0. The molecular weight excluding hydrogens is 256 g/mol. The smallest absolute Gasteiger partial charge is 0.410 e. The number of amides is 1. The van der Waals surface area contributed by atoms with Gasteiger partial charge in [-0.1, -0.05) is 0 Å². The van der Waals surface area contributed by atoms with Crippen molar-refractivity contribution in [1.29, 1.82) is 0 Å². The zero-order valence-electron chi connectivity index (χ0n) is 13.6. The Morgan fingerprint density at radius 3 is 2.15 bits per heavy atom. The van der Waals surface area contributed by atoms with Crippen molar-refractivity contribution in [2.45, 2.75) is 51.7 Å². The molecule has 0 aliphatic carbocycles. The zero-order valence-corrected chi connectivity index (χ0v) is 13.6. The average Bonchev–Trinajstić information content (AvgIpc) is 2.35. The van der Waals surface area contributed by atoms with E-state index < -0.39 is 17.2 Å². The Balaban J connectivity index is 2.81. The van der Waals surface area contributed by atoms with Gasteiger partial charge in [-0.2, -0.15) is 0 Å². The quantitative estimate of drug-likeness (QED) is 0.745. The van der Waals surface area contributed by atoms with Crippen LogP contribution in [-0.2, 0) is 9.53 Å². The molecule has 0 bridgehead atoms. The lowest BCUT2D eigenvalue weighted by Crippen LogP contribution is -2.56. The number of hydrogen-bond acceptors (Lipinski definition) is 4. The minimum Gasteiger partial charge on any atom is -0.444 e. The van der Waals surface area contributed by atoms with Crippen molar-refractivity contribution in [2.24, 2.45) is 5.92 Å². The van der Waals surface area contributed by atoms with Gasteiger partial charge in [0.2, 0.25) is 0 Å². The highest BCUT2D eigenvalue weighted by Gasteiger charge is 2.42. The summed E-state index contributed by atoms with van der Waals surface area (Å²) < 4.78 is 5.38. The molecule has 0 aromatic rings. The van der Waals surface area contributed by atoms with Crippen LogP contribution in [0.2, 0.25) is 0 Å². The zero-order chi connectivity index (χ0) is 15.6. The molecule has 116 valence electrons. The van der Waals surface area contributed by atoms with Crippen LogP contribution in [0.3, 0.4) is 0 Å². The summed E-state index contributed by atoms with van der Waals surface area (Å²) in [5.41, 5.74) is -1.36. The van der Waals surface area contributed by atoms with E-state index in [1.807, 2.05) is 27.7 Å². The molecule has 5 nitrogen and oxygen atoms in total. The van der Waals surface area contributed by atoms with E-state index in [0.29, 0.717) is 0 Å². The number of ether oxygens (including phenoxy) is 1. The first kappa shape index (κ1) is 17.0. The summed E-state index contributed by atoms with van der Waals surface area (Å²) in [7, 11) is 3.73. The molecule has 1 atom stereocenters. The van der Waals surface area contributed by atoms with Gasteiger partial charge < -0.3 is 14.4 Å². The van der Waals surface area contributed by atoms with Crippen LogP contribution in [0, 0.1) is 5.92 Å². The number of aldehydes is 1. The maximum Gasteiger partial charge on any atom is 0.410 e. The van der Waals surface area contributed by atoms with E-state index in [9.17, 15) is 9.59 Å². The molecule has 0 spiro atoms. The van der Waals surface area contributed by atoms with E-state index in [0.717, 1.165) is 32.2 Å². The average molecular weight is 284 g/mol. The highest BCUT2D eigenvalue weighted by atomic mass is 16.6. The molecule has 0 aromatic heterocycles. The van der Waals surface area contributed by atoms with Gasteiger partial charge in [-0.25, -0.2) is 4.79 Å². The second-order valence-corrected chi connectivity index (χ2v) is 6.96. The van der Waals surface area contributed by atoms with E-state index in [2.05, 4.69) is 11.9 Å². The van der Waals surface area contributed by atoms with Crippen molar-refractivity contribution in [1.82, 2.24) is 9.80 Å². The number of piperidine rings is 1. The van der Waals surface area contributed by atoms with Gasteiger partial charge in [0.15, 0.2) is 0 Å². The Morgan fingerprint density at radius 2 is 1.75 bits per heavy atom. The van der Waals surface area contributed by atoms with Crippen molar-refractivity contribution < 1.29 is 14.3 Å². The summed E-state index contributed by atoms with van der Waals surface area (Å²) in [4.78, 5) is 27.6. The van der Waals surface area contributed by atoms with Gasteiger partial charge in [-0.15, -0.1) is 0 Å². The van der Waals surface area contributed by atoms with Crippen LogP contribution in [0.5, 0.6) is 0 Å². The second-order valence-electron chi connectivity index (χ2n) is 6.96. The molecule has 0 radical (unpaired) electrons. The number of hydrogen-bond donors (Lipinski definition) is 0. The van der Waals surface area contributed by atoms with Crippen LogP contribution in [0.25, 0.3) is 0 Å². The van der Waals surface area contributed by atoms with Gasteiger partial charge in [-0.05, 0) is 66.6 Å². The predicted octanol–water partition coefficient (Wildman–Crippen LogP) is 2.15. The second kappa shape index (κ2) is 6.12. The molecule has 1 saturated heterocycles. The third-order valence-electron chi connectivity index (χ3n) is 4.17. The van der Waals surface area contributed by atoms with Crippen molar-refractivity contribution >= 4 is 12.4 Å². The van der Waals surface area contributed by atoms with Gasteiger partial charge in [0, 0.05) is 7.05 Å². The maximum atomic E-state index is 12.2. The predicted molar refractivity (Wildman–Crippen MR) is 78.7 cm³/mol. The minimum atomic E-state index is -0.802. The van der Waals surface area contributed by atoms with Gasteiger partial charge in [-0.3, -0.25) is 4.90 Å². The number of rotatable bonds is 3. The van der Waals surface area contributed by atoms with E-state index in [1.54, 1.807) is 7.05 Å². The maximum absolute atomic E-state index is 12.2. The Morgan fingerprint density at radius 1 is 1.25 bits per heavy atom. The lowest BCUT2D eigenvalue weighted by molar-refractivity contribution is -0.121. The van der Waals surface area contributed by atoms with E-state index >= 15 is 0 Å². The van der Waals surface area contributed by atoms with E-state index in [4.69, 9.17) is 4.74 Å². The molecule has 1 rings (SSSR count). The highest BCUT2D eigenvalue weighted by molar-refractivity contribution is 5.76. The molecule has 1 fully saturated rings. The van der Waals surface area contributed by atoms with Crippen LogP contribution in [-0.4, -0.2) is 60.5 Å². The van der Waals surface area contributed by atoms with E-state index in [-0.39, 0.29) is 5.92 Å². The van der Waals surface area contributed by atoms with Crippen molar-refractivity contribution in [3.05, 3.63) is 0 Å². The van der Waals surface area contributed by atoms with Crippen molar-refractivity contribution in [2.75, 3.05) is 27.2 Å².